The third kappa shape index (κ3) is 4.11. The van der Waals surface area contributed by atoms with Crippen molar-refractivity contribution in [3.8, 4) is 6.07 Å². The minimum Gasteiger partial charge on any atom is -0.301 e. The highest BCUT2D eigenvalue weighted by Crippen LogP contribution is 2.21. The quantitative estimate of drug-likeness (QED) is 0.775. The second-order valence-corrected chi connectivity index (χ2v) is 5.12. The van der Waals surface area contributed by atoms with Gasteiger partial charge in [-0.05, 0) is 38.6 Å². The topological polar surface area (TPSA) is 39.1 Å². The summed E-state index contributed by atoms with van der Waals surface area (Å²) in [5.74, 6) is 0.779. The van der Waals surface area contributed by atoms with Crippen molar-refractivity contribution in [3.05, 3.63) is 0 Å². The molecule has 1 rings (SSSR count). The molecule has 0 saturated carbocycles. The number of likely N-dealkylation sites (tertiary alicyclic amines) is 1. The van der Waals surface area contributed by atoms with Gasteiger partial charge in [0.15, 0.2) is 0 Å². The van der Waals surface area contributed by atoms with Gasteiger partial charge in [-0.2, -0.15) is 5.26 Å². The van der Waals surface area contributed by atoms with E-state index in [2.05, 4.69) is 37.1 Å². The second-order valence-electron chi connectivity index (χ2n) is 5.12. The highest BCUT2D eigenvalue weighted by atomic mass is 15.2. The molecule has 0 spiro atoms. The maximum absolute atomic E-state index is 9.10. The molecule has 1 N–H and O–H groups in total. The van der Waals surface area contributed by atoms with Crippen LogP contribution in [0, 0.1) is 17.2 Å². The second kappa shape index (κ2) is 6.88. The van der Waals surface area contributed by atoms with Gasteiger partial charge in [0.05, 0.1) is 6.07 Å². The molecule has 0 amide bonds. The van der Waals surface area contributed by atoms with E-state index in [1.54, 1.807) is 0 Å². The molecule has 92 valence electrons. The molecule has 0 aliphatic carbocycles. The first kappa shape index (κ1) is 13.5. The number of nitrogens with zero attached hydrogens (tertiary/aromatic N) is 2. The van der Waals surface area contributed by atoms with Crippen molar-refractivity contribution in [2.75, 3.05) is 19.6 Å². The zero-order valence-corrected chi connectivity index (χ0v) is 10.9. The molecule has 1 fully saturated rings. The first-order valence-corrected chi connectivity index (χ1v) is 6.54. The van der Waals surface area contributed by atoms with Crippen LogP contribution in [0.2, 0.25) is 0 Å². The van der Waals surface area contributed by atoms with Crippen LogP contribution in [0.1, 0.15) is 40.0 Å². The monoisotopic (exact) mass is 223 g/mol. The van der Waals surface area contributed by atoms with Gasteiger partial charge in [-0.3, -0.25) is 4.90 Å². The summed E-state index contributed by atoms with van der Waals surface area (Å²) in [5, 5.41) is 12.4. The average Bonchev–Trinajstić information content (AvgIpc) is 2.28. The SMILES string of the molecule is CCCNC(C#N)CN1CC(C)CCC1C. The summed E-state index contributed by atoms with van der Waals surface area (Å²) in [6.45, 7) is 9.68. The van der Waals surface area contributed by atoms with E-state index in [0.717, 1.165) is 32.0 Å². The summed E-state index contributed by atoms with van der Waals surface area (Å²) in [5.41, 5.74) is 0. The summed E-state index contributed by atoms with van der Waals surface area (Å²) in [4.78, 5) is 2.46. The highest BCUT2D eigenvalue weighted by Gasteiger charge is 2.24. The van der Waals surface area contributed by atoms with Gasteiger partial charge >= 0.3 is 0 Å². The number of hydrogen-bond acceptors (Lipinski definition) is 3. The predicted octanol–water partition coefficient (Wildman–Crippen LogP) is 2.00. The molecule has 0 aromatic rings. The Morgan fingerprint density at radius 3 is 2.81 bits per heavy atom. The van der Waals surface area contributed by atoms with E-state index >= 15 is 0 Å². The summed E-state index contributed by atoms with van der Waals surface area (Å²) < 4.78 is 0. The van der Waals surface area contributed by atoms with Gasteiger partial charge in [0, 0.05) is 19.1 Å². The van der Waals surface area contributed by atoms with E-state index in [0.29, 0.717) is 6.04 Å². The third-order valence-corrected chi connectivity index (χ3v) is 3.46. The fourth-order valence-electron chi connectivity index (χ4n) is 2.34. The van der Waals surface area contributed by atoms with E-state index in [1.807, 2.05) is 0 Å². The van der Waals surface area contributed by atoms with Crippen LogP contribution in [0.25, 0.3) is 0 Å². The van der Waals surface area contributed by atoms with Crippen LogP contribution < -0.4 is 5.32 Å². The van der Waals surface area contributed by atoms with Crippen LogP contribution >= 0.6 is 0 Å². The van der Waals surface area contributed by atoms with Crippen molar-refractivity contribution in [2.45, 2.75) is 52.1 Å². The van der Waals surface area contributed by atoms with E-state index in [4.69, 9.17) is 5.26 Å². The molecular weight excluding hydrogens is 198 g/mol. The number of piperidine rings is 1. The Morgan fingerprint density at radius 1 is 1.44 bits per heavy atom. The lowest BCUT2D eigenvalue weighted by Crippen LogP contribution is -2.48. The fraction of sp³-hybridized carbons (Fsp3) is 0.923. The molecule has 1 aliphatic rings. The minimum atomic E-state index is -0.00676. The molecule has 1 heterocycles. The molecule has 1 saturated heterocycles. The molecule has 16 heavy (non-hydrogen) atoms. The number of rotatable bonds is 5. The Bertz CT molecular complexity index is 234. The molecule has 0 aromatic carbocycles. The first-order valence-electron chi connectivity index (χ1n) is 6.54. The smallest absolute Gasteiger partial charge is 0.108 e. The maximum Gasteiger partial charge on any atom is 0.108 e. The van der Waals surface area contributed by atoms with Gasteiger partial charge in [0.2, 0.25) is 0 Å². The predicted molar refractivity (Wildman–Crippen MR) is 67.1 cm³/mol. The zero-order valence-electron chi connectivity index (χ0n) is 10.9. The fourth-order valence-corrected chi connectivity index (χ4v) is 2.34. The van der Waals surface area contributed by atoms with Gasteiger partial charge in [-0.15, -0.1) is 0 Å². The van der Waals surface area contributed by atoms with Crippen molar-refractivity contribution in [2.24, 2.45) is 5.92 Å². The van der Waals surface area contributed by atoms with Crippen LogP contribution in [0.15, 0.2) is 0 Å². The lowest BCUT2D eigenvalue weighted by atomic mass is 9.94. The van der Waals surface area contributed by atoms with Crippen LogP contribution in [-0.2, 0) is 0 Å². The molecule has 3 heteroatoms. The summed E-state index contributed by atoms with van der Waals surface area (Å²) in [7, 11) is 0. The number of nitrogens with one attached hydrogen (secondary N) is 1. The first-order chi connectivity index (χ1) is 7.67. The molecule has 0 radical (unpaired) electrons. The number of hydrogen-bond donors (Lipinski definition) is 1. The lowest BCUT2D eigenvalue weighted by molar-refractivity contribution is 0.119. The zero-order chi connectivity index (χ0) is 12.0. The van der Waals surface area contributed by atoms with Gasteiger partial charge in [-0.25, -0.2) is 0 Å². The maximum atomic E-state index is 9.10. The molecular formula is C13H25N3. The largest absolute Gasteiger partial charge is 0.301 e. The molecule has 3 unspecified atom stereocenters. The van der Waals surface area contributed by atoms with E-state index in [9.17, 15) is 0 Å². The van der Waals surface area contributed by atoms with Crippen LogP contribution in [0.5, 0.6) is 0 Å². The Kier molecular flexibility index (Phi) is 5.79. The minimum absolute atomic E-state index is 0.00676. The van der Waals surface area contributed by atoms with Crippen molar-refractivity contribution in [1.29, 1.82) is 5.26 Å². The summed E-state index contributed by atoms with van der Waals surface area (Å²) in [6, 6.07) is 2.99. The van der Waals surface area contributed by atoms with Crippen LogP contribution in [0.4, 0.5) is 0 Å². The normalized spacial score (nSPS) is 28.6. The van der Waals surface area contributed by atoms with E-state index < -0.39 is 0 Å². The van der Waals surface area contributed by atoms with Crippen LogP contribution in [-0.4, -0.2) is 36.6 Å². The molecule has 3 atom stereocenters. The Hall–Kier alpha value is -0.590. The van der Waals surface area contributed by atoms with Crippen molar-refractivity contribution < 1.29 is 0 Å². The van der Waals surface area contributed by atoms with Gasteiger partial charge in [0.1, 0.15) is 6.04 Å². The summed E-state index contributed by atoms with van der Waals surface area (Å²) >= 11 is 0. The van der Waals surface area contributed by atoms with Crippen molar-refractivity contribution in [1.82, 2.24) is 10.2 Å². The number of nitriles is 1. The van der Waals surface area contributed by atoms with Crippen molar-refractivity contribution in [3.63, 3.8) is 0 Å². The molecule has 1 aliphatic heterocycles. The van der Waals surface area contributed by atoms with E-state index in [1.165, 1.54) is 12.8 Å². The van der Waals surface area contributed by atoms with Gasteiger partial charge in [-0.1, -0.05) is 13.8 Å². The van der Waals surface area contributed by atoms with Crippen LogP contribution in [0.3, 0.4) is 0 Å². The molecule has 0 bridgehead atoms. The van der Waals surface area contributed by atoms with E-state index in [-0.39, 0.29) is 6.04 Å². The van der Waals surface area contributed by atoms with Gasteiger partial charge in [0.25, 0.3) is 0 Å². The standard InChI is InChI=1S/C13H25N3/c1-4-7-15-13(8-14)10-16-9-11(2)5-6-12(16)3/h11-13,15H,4-7,9-10H2,1-3H3. The highest BCUT2D eigenvalue weighted by molar-refractivity contribution is 4.93. The summed E-state index contributed by atoms with van der Waals surface area (Å²) in [6.07, 6.45) is 3.69. The van der Waals surface area contributed by atoms with Crippen molar-refractivity contribution >= 4 is 0 Å². The van der Waals surface area contributed by atoms with Gasteiger partial charge < -0.3 is 5.32 Å². The molecule has 3 nitrogen and oxygen atoms in total. The lowest BCUT2D eigenvalue weighted by Gasteiger charge is -2.37. The third-order valence-electron chi connectivity index (χ3n) is 3.46. The Balaban J connectivity index is 2.40. The Morgan fingerprint density at radius 2 is 2.19 bits per heavy atom. The molecule has 0 aromatic heterocycles. The Labute approximate surface area is 99.8 Å². The average molecular weight is 223 g/mol.